The fraction of sp³-hybridized carbons (Fsp3) is 0.200. The number of halogens is 1. The fourth-order valence-electron chi connectivity index (χ4n) is 3.56. The molecular formula is C25H24FN5O3. The van der Waals surface area contributed by atoms with Gasteiger partial charge >= 0.3 is 6.03 Å². The highest BCUT2D eigenvalue weighted by molar-refractivity contribution is 5.91. The van der Waals surface area contributed by atoms with Crippen molar-refractivity contribution in [3.8, 4) is 0 Å². The Morgan fingerprint density at radius 1 is 1.09 bits per heavy atom. The highest BCUT2D eigenvalue weighted by Gasteiger charge is 2.21. The summed E-state index contributed by atoms with van der Waals surface area (Å²) in [5, 5.41) is 8.91. The highest BCUT2D eigenvalue weighted by Crippen LogP contribution is 2.28. The van der Waals surface area contributed by atoms with Gasteiger partial charge in [-0.1, -0.05) is 30.3 Å². The van der Waals surface area contributed by atoms with Crippen molar-refractivity contribution in [1.29, 1.82) is 0 Å². The minimum atomic E-state index is -0.550. The van der Waals surface area contributed by atoms with Gasteiger partial charge in [-0.15, -0.1) is 0 Å². The molecule has 0 aliphatic carbocycles. The van der Waals surface area contributed by atoms with E-state index in [0.717, 1.165) is 18.3 Å². The molecule has 4 rings (SSSR count). The van der Waals surface area contributed by atoms with Crippen LogP contribution < -0.4 is 16.0 Å². The third-order valence-corrected chi connectivity index (χ3v) is 5.55. The Morgan fingerprint density at radius 3 is 2.56 bits per heavy atom. The smallest absolute Gasteiger partial charge is 0.321 e. The van der Waals surface area contributed by atoms with Gasteiger partial charge < -0.3 is 25.6 Å². The Labute approximate surface area is 196 Å². The zero-order valence-corrected chi connectivity index (χ0v) is 18.3. The summed E-state index contributed by atoms with van der Waals surface area (Å²) in [7, 11) is 0. The van der Waals surface area contributed by atoms with Crippen LogP contribution in [0.3, 0.4) is 0 Å². The second-order valence-electron chi connectivity index (χ2n) is 7.88. The standard InChI is InChI=1S/C25H24FN5O3/c26-20-8-7-19(13-23(20)30-25(34)31-10-4-11-31)28-24-14-22(18(16-33)15-27-24)29-21(9-12-32)17-5-2-1-3-6-17/h1-3,5-8,12-16,21H,4,9-11H2,(H,30,34)(H2,27,28,29). The van der Waals surface area contributed by atoms with Crippen LogP contribution in [0, 0.1) is 5.82 Å². The van der Waals surface area contributed by atoms with E-state index in [-0.39, 0.29) is 24.2 Å². The Morgan fingerprint density at radius 2 is 1.88 bits per heavy atom. The fourth-order valence-corrected chi connectivity index (χ4v) is 3.56. The van der Waals surface area contributed by atoms with Crippen molar-refractivity contribution < 1.29 is 18.8 Å². The lowest BCUT2D eigenvalue weighted by Crippen LogP contribution is -2.44. The lowest BCUT2D eigenvalue weighted by molar-refractivity contribution is -0.108. The summed E-state index contributed by atoms with van der Waals surface area (Å²) in [5.74, 6) is -0.150. The van der Waals surface area contributed by atoms with E-state index in [0.29, 0.717) is 42.1 Å². The minimum Gasteiger partial charge on any atom is -0.377 e. The van der Waals surface area contributed by atoms with Crippen molar-refractivity contribution in [1.82, 2.24) is 9.88 Å². The molecule has 0 bridgehead atoms. The second-order valence-corrected chi connectivity index (χ2v) is 7.88. The molecule has 0 spiro atoms. The first-order valence-corrected chi connectivity index (χ1v) is 10.9. The molecule has 1 unspecified atom stereocenters. The Kier molecular flexibility index (Phi) is 7.12. The molecule has 0 saturated carbocycles. The number of aldehydes is 2. The average Bonchev–Trinajstić information content (AvgIpc) is 2.80. The first-order chi connectivity index (χ1) is 16.6. The zero-order chi connectivity index (χ0) is 23.9. The van der Waals surface area contributed by atoms with Crippen LogP contribution >= 0.6 is 0 Å². The van der Waals surface area contributed by atoms with Gasteiger partial charge in [-0.3, -0.25) is 4.79 Å². The van der Waals surface area contributed by atoms with Gasteiger partial charge in [0.2, 0.25) is 0 Å². The summed E-state index contributed by atoms with van der Waals surface area (Å²) in [4.78, 5) is 40.8. The van der Waals surface area contributed by atoms with Gasteiger partial charge in [-0.2, -0.15) is 0 Å². The number of likely N-dealkylation sites (tertiary alicyclic amines) is 1. The number of carbonyl (C=O) groups is 3. The summed E-state index contributed by atoms with van der Waals surface area (Å²) in [6, 6.07) is 14.7. The van der Waals surface area contributed by atoms with Gasteiger partial charge in [-0.05, 0) is 30.2 Å². The predicted octanol–water partition coefficient (Wildman–Crippen LogP) is 4.76. The van der Waals surface area contributed by atoms with E-state index in [2.05, 4.69) is 20.9 Å². The maximum absolute atomic E-state index is 14.2. The SMILES string of the molecule is O=CCC(Nc1cc(Nc2ccc(F)c(NC(=O)N3CCC3)c2)ncc1C=O)c1ccccc1. The van der Waals surface area contributed by atoms with Crippen molar-refractivity contribution in [2.24, 2.45) is 0 Å². The summed E-state index contributed by atoms with van der Waals surface area (Å²) in [5.41, 5.74) is 2.29. The molecule has 1 aromatic heterocycles. The van der Waals surface area contributed by atoms with Gasteiger partial charge in [-0.25, -0.2) is 14.2 Å². The number of pyridine rings is 1. The number of carbonyl (C=O) groups excluding carboxylic acids is 3. The summed E-state index contributed by atoms with van der Waals surface area (Å²) >= 11 is 0. The maximum Gasteiger partial charge on any atom is 0.321 e. The Hall–Kier alpha value is -4.27. The van der Waals surface area contributed by atoms with Crippen LogP contribution in [0.15, 0.2) is 60.8 Å². The number of hydrogen-bond acceptors (Lipinski definition) is 6. The van der Waals surface area contributed by atoms with Crippen molar-refractivity contribution in [2.45, 2.75) is 18.9 Å². The molecular weight excluding hydrogens is 437 g/mol. The summed E-state index contributed by atoms with van der Waals surface area (Å²) in [6.07, 6.45) is 4.07. The number of anilines is 4. The van der Waals surface area contributed by atoms with E-state index in [9.17, 15) is 18.8 Å². The first kappa shape index (κ1) is 22.9. The molecule has 0 radical (unpaired) electrons. The van der Waals surface area contributed by atoms with E-state index < -0.39 is 5.82 Å². The third-order valence-electron chi connectivity index (χ3n) is 5.55. The van der Waals surface area contributed by atoms with Crippen LogP contribution in [0.1, 0.15) is 34.8 Å². The molecule has 2 amide bonds. The lowest BCUT2D eigenvalue weighted by Gasteiger charge is -2.30. The molecule has 3 aromatic rings. The molecule has 9 heteroatoms. The minimum absolute atomic E-state index is 0.0554. The number of hydrogen-bond donors (Lipinski definition) is 3. The molecule has 2 heterocycles. The van der Waals surface area contributed by atoms with Crippen molar-refractivity contribution in [2.75, 3.05) is 29.0 Å². The molecule has 1 fully saturated rings. The van der Waals surface area contributed by atoms with E-state index in [1.807, 2.05) is 30.3 Å². The largest absolute Gasteiger partial charge is 0.377 e. The number of benzene rings is 2. The van der Waals surface area contributed by atoms with Gasteiger partial charge in [0, 0.05) is 37.5 Å². The van der Waals surface area contributed by atoms with Crippen LogP contribution in [0.25, 0.3) is 0 Å². The molecule has 174 valence electrons. The van der Waals surface area contributed by atoms with Gasteiger partial charge in [0.25, 0.3) is 0 Å². The molecule has 1 saturated heterocycles. The Balaban J connectivity index is 1.54. The van der Waals surface area contributed by atoms with E-state index in [4.69, 9.17) is 0 Å². The average molecular weight is 461 g/mol. The number of urea groups is 1. The molecule has 1 atom stereocenters. The first-order valence-electron chi connectivity index (χ1n) is 10.9. The topological polar surface area (TPSA) is 103 Å². The van der Waals surface area contributed by atoms with Crippen LogP contribution in [-0.2, 0) is 4.79 Å². The van der Waals surface area contributed by atoms with Gasteiger partial charge in [0.1, 0.15) is 17.9 Å². The second kappa shape index (κ2) is 10.6. The maximum atomic E-state index is 14.2. The molecule has 1 aliphatic heterocycles. The van der Waals surface area contributed by atoms with E-state index in [1.165, 1.54) is 24.4 Å². The number of rotatable bonds is 9. The van der Waals surface area contributed by atoms with E-state index >= 15 is 0 Å². The van der Waals surface area contributed by atoms with Crippen LogP contribution in [0.2, 0.25) is 0 Å². The van der Waals surface area contributed by atoms with E-state index in [1.54, 1.807) is 11.0 Å². The van der Waals surface area contributed by atoms with Gasteiger partial charge in [0.15, 0.2) is 6.29 Å². The zero-order valence-electron chi connectivity index (χ0n) is 18.3. The highest BCUT2D eigenvalue weighted by atomic mass is 19.1. The number of amides is 2. The van der Waals surface area contributed by atoms with Gasteiger partial charge in [0.05, 0.1) is 23.0 Å². The van der Waals surface area contributed by atoms with Crippen molar-refractivity contribution in [3.05, 3.63) is 77.7 Å². The number of nitrogens with one attached hydrogen (secondary N) is 3. The monoisotopic (exact) mass is 461 g/mol. The molecule has 3 N–H and O–H groups in total. The number of aromatic nitrogens is 1. The van der Waals surface area contributed by atoms with Crippen LogP contribution in [0.4, 0.5) is 32.1 Å². The molecule has 1 aliphatic rings. The summed E-state index contributed by atoms with van der Waals surface area (Å²) < 4.78 is 14.2. The van der Waals surface area contributed by atoms with Crippen LogP contribution in [-0.4, -0.2) is 41.6 Å². The third kappa shape index (κ3) is 5.37. The van der Waals surface area contributed by atoms with Crippen LogP contribution in [0.5, 0.6) is 0 Å². The molecule has 2 aromatic carbocycles. The lowest BCUT2D eigenvalue weighted by atomic mass is 10.0. The quantitative estimate of drug-likeness (QED) is 0.397. The molecule has 8 nitrogen and oxygen atoms in total. The van der Waals surface area contributed by atoms with Crippen molar-refractivity contribution >= 4 is 41.5 Å². The van der Waals surface area contributed by atoms with Crippen molar-refractivity contribution in [3.63, 3.8) is 0 Å². The normalized spacial score (nSPS) is 13.4. The Bertz CT molecular complexity index is 1180. The summed E-state index contributed by atoms with van der Waals surface area (Å²) in [6.45, 7) is 1.31. The molecule has 34 heavy (non-hydrogen) atoms. The number of nitrogens with zero attached hydrogens (tertiary/aromatic N) is 2. The predicted molar refractivity (Wildman–Crippen MR) is 128 cm³/mol.